The second-order valence-electron chi connectivity index (χ2n) is 6.20. The highest BCUT2D eigenvalue weighted by Gasteiger charge is 2.28. The van der Waals surface area contributed by atoms with E-state index in [4.69, 9.17) is 4.42 Å². The number of nitrogens with one attached hydrogen (secondary N) is 1. The number of ketones is 1. The molecule has 1 aliphatic heterocycles. The highest BCUT2D eigenvalue weighted by molar-refractivity contribution is 5.98. The number of benzene rings is 1. The predicted molar refractivity (Wildman–Crippen MR) is 92.4 cm³/mol. The fraction of sp³-hybridized carbons (Fsp3) is 0.316. The molecule has 0 spiro atoms. The zero-order valence-corrected chi connectivity index (χ0v) is 14.0. The van der Waals surface area contributed by atoms with Gasteiger partial charge in [-0.25, -0.2) is 0 Å². The maximum atomic E-state index is 12.4. The van der Waals surface area contributed by atoms with Crippen LogP contribution in [-0.4, -0.2) is 35.6 Å². The Morgan fingerprint density at radius 3 is 2.52 bits per heavy atom. The summed E-state index contributed by atoms with van der Waals surface area (Å²) in [5, 5.41) is 2.87. The van der Waals surface area contributed by atoms with Crippen molar-refractivity contribution in [3.8, 4) is 0 Å². The Balaban J connectivity index is 1.56. The van der Waals surface area contributed by atoms with Gasteiger partial charge in [-0.3, -0.25) is 14.4 Å². The van der Waals surface area contributed by atoms with Crippen LogP contribution in [0.5, 0.6) is 0 Å². The number of anilines is 1. The third-order valence-electron chi connectivity index (χ3n) is 4.46. The third kappa shape index (κ3) is 3.96. The Bertz CT molecular complexity index is 774. The van der Waals surface area contributed by atoms with Gasteiger partial charge in [0.05, 0.1) is 11.8 Å². The number of Topliss-reactive ketones (excluding diaryl/α,β-unsaturated/α-hetero) is 1. The number of rotatable bonds is 4. The zero-order valence-electron chi connectivity index (χ0n) is 14.0. The van der Waals surface area contributed by atoms with E-state index in [1.165, 1.54) is 19.5 Å². The van der Waals surface area contributed by atoms with E-state index in [-0.39, 0.29) is 23.5 Å². The molecule has 0 bridgehead atoms. The highest BCUT2D eigenvalue weighted by atomic mass is 16.3. The molecule has 2 amide bonds. The van der Waals surface area contributed by atoms with Gasteiger partial charge in [0.1, 0.15) is 6.26 Å². The molecule has 0 aliphatic carbocycles. The van der Waals surface area contributed by atoms with Crippen LogP contribution < -0.4 is 5.32 Å². The van der Waals surface area contributed by atoms with Gasteiger partial charge < -0.3 is 14.6 Å². The maximum absolute atomic E-state index is 12.4. The minimum absolute atomic E-state index is 0.0397. The number of nitrogens with zero attached hydrogens (tertiary/aromatic N) is 1. The van der Waals surface area contributed by atoms with Crippen LogP contribution in [0.2, 0.25) is 0 Å². The molecule has 6 nitrogen and oxygen atoms in total. The number of hydrogen-bond donors (Lipinski definition) is 1. The molecule has 3 rings (SSSR count). The van der Waals surface area contributed by atoms with Crippen LogP contribution in [0.1, 0.15) is 40.5 Å². The minimum Gasteiger partial charge on any atom is -0.472 e. The Kier molecular flexibility index (Phi) is 4.97. The van der Waals surface area contributed by atoms with Crippen LogP contribution in [0, 0.1) is 5.92 Å². The van der Waals surface area contributed by atoms with E-state index in [1.54, 1.807) is 35.2 Å². The first kappa shape index (κ1) is 17.0. The highest BCUT2D eigenvalue weighted by Crippen LogP contribution is 2.21. The molecule has 25 heavy (non-hydrogen) atoms. The summed E-state index contributed by atoms with van der Waals surface area (Å²) in [6.07, 6.45) is 4.13. The molecule has 1 aliphatic rings. The number of furan rings is 1. The predicted octanol–water partition coefficient (Wildman–Crippen LogP) is 2.97. The molecular weight excluding hydrogens is 320 g/mol. The van der Waals surface area contributed by atoms with Crippen LogP contribution in [0.4, 0.5) is 5.69 Å². The normalized spacial score (nSPS) is 15.0. The summed E-state index contributed by atoms with van der Waals surface area (Å²) in [7, 11) is 0. The number of hydrogen-bond acceptors (Lipinski definition) is 4. The summed E-state index contributed by atoms with van der Waals surface area (Å²) in [5.41, 5.74) is 1.72. The summed E-state index contributed by atoms with van der Waals surface area (Å²) in [6.45, 7) is 2.57. The molecule has 1 saturated heterocycles. The second kappa shape index (κ2) is 7.34. The molecule has 0 atom stereocenters. The van der Waals surface area contributed by atoms with Gasteiger partial charge in [0.15, 0.2) is 5.78 Å². The van der Waals surface area contributed by atoms with E-state index in [0.29, 0.717) is 42.7 Å². The molecule has 1 aromatic carbocycles. The Morgan fingerprint density at radius 1 is 1.12 bits per heavy atom. The van der Waals surface area contributed by atoms with E-state index in [2.05, 4.69) is 5.32 Å². The monoisotopic (exact) mass is 340 g/mol. The van der Waals surface area contributed by atoms with Gasteiger partial charge in [-0.1, -0.05) is 12.1 Å². The smallest absolute Gasteiger partial charge is 0.257 e. The Labute approximate surface area is 145 Å². The van der Waals surface area contributed by atoms with E-state index in [9.17, 15) is 14.4 Å². The molecule has 1 aromatic heterocycles. The summed E-state index contributed by atoms with van der Waals surface area (Å²) >= 11 is 0. The minimum atomic E-state index is -0.144. The largest absolute Gasteiger partial charge is 0.472 e. The molecule has 0 radical (unpaired) electrons. The van der Waals surface area contributed by atoms with Crippen molar-refractivity contribution in [3.63, 3.8) is 0 Å². The fourth-order valence-electron chi connectivity index (χ4n) is 2.97. The van der Waals surface area contributed by atoms with Crippen molar-refractivity contribution in [2.75, 3.05) is 18.4 Å². The second-order valence-corrected chi connectivity index (χ2v) is 6.20. The van der Waals surface area contributed by atoms with Crippen LogP contribution >= 0.6 is 0 Å². The van der Waals surface area contributed by atoms with Crippen molar-refractivity contribution in [1.82, 2.24) is 4.90 Å². The maximum Gasteiger partial charge on any atom is 0.257 e. The van der Waals surface area contributed by atoms with Crippen molar-refractivity contribution in [2.24, 2.45) is 5.92 Å². The molecule has 0 unspecified atom stereocenters. The van der Waals surface area contributed by atoms with Gasteiger partial charge in [-0.15, -0.1) is 0 Å². The molecule has 130 valence electrons. The third-order valence-corrected chi connectivity index (χ3v) is 4.46. The van der Waals surface area contributed by atoms with Gasteiger partial charge in [0.25, 0.3) is 5.91 Å². The fourth-order valence-corrected chi connectivity index (χ4v) is 2.97. The van der Waals surface area contributed by atoms with E-state index < -0.39 is 0 Å². The first-order chi connectivity index (χ1) is 12.0. The summed E-state index contributed by atoms with van der Waals surface area (Å²) < 4.78 is 4.94. The van der Waals surface area contributed by atoms with Crippen LogP contribution in [0.25, 0.3) is 0 Å². The molecule has 1 fully saturated rings. The van der Waals surface area contributed by atoms with E-state index in [0.717, 1.165) is 0 Å². The lowest BCUT2D eigenvalue weighted by Gasteiger charge is -2.31. The van der Waals surface area contributed by atoms with Gasteiger partial charge in [-0.05, 0) is 38.0 Å². The quantitative estimate of drug-likeness (QED) is 0.868. The molecule has 1 N–H and O–H groups in total. The lowest BCUT2D eigenvalue weighted by molar-refractivity contribution is -0.121. The van der Waals surface area contributed by atoms with Crippen LogP contribution in [0.3, 0.4) is 0 Å². The van der Waals surface area contributed by atoms with Gasteiger partial charge >= 0.3 is 0 Å². The number of amides is 2. The van der Waals surface area contributed by atoms with Gasteiger partial charge in [-0.2, -0.15) is 0 Å². The van der Waals surface area contributed by atoms with Crippen molar-refractivity contribution in [1.29, 1.82) is 0 Å². The van der Waals surface area contributed by atoms with Gasteiger partial charge in [0.2, 0.25) is 5.91 Å². The summed E-state index contributed by atoms with van der Waals surface area (Å²) in [4.78, 5) is 37.9. The lowest BCUT2D eigenvalue weighted by atomic mass is 9.95. The number of likely N-dealkylation sites (tertiary alicyclic amines) is 1. The van der Waals surface area contributed by atoms with Gasteiger partial charge in [0, 0.05) is 30.3 Å². The van der Waals surface area contributed by atoms with E-state index in [1.807, 2.05) is 0 Å². The Hall–Kier alpha value is -2.89. The topological polar surface area (TPSA) is 79.6 Å². The first-order valence-electron chi connectivity index (χ1n) is 8.28. The summed E-state index contributed by atoms with van der Waals surface area (Å²) in [5.74, 6) is -0.325. The Morgan fingerprint density at radius 2 is 1.88 bits per heavy atom. The zero-order chi connectivity index (χ0) is 17.8. The molecule has 2 heterocycles. The first-order valence-corrected chi connectivity index (χ1v) is 8.28. The summed E-state index contributed by atoms with van der Waals surface area (Å²) in [6, 6.07) is 8.55. The average Bonchev–Trinajstić information content (AvgIpc) is 3.16. The van der Waals surface area contributed by atoms with Crippen molar-refractivity contribution < 1.29 is 18.8 Å². The average molecular weight is 340 g/mol. The van der Waals surface area contributed by atoms with Crippen LogP contribution in [-0.2, 0) is 4.79 Å². The molecule has 2 aromatic rings. The number of piperidine rings is 1. The molecule has 6 heteroatoms. The standard InChI is InChI=1S/C19H20N2O4/c1-13(22)15-3-2-4-17(11-15)20-18(23)14-5-8-21(9-6-14)19(24)16-7-10-25-12-16/h2-4,7,10-12,14H,5-6,8-9H2,1H3,(H,20,23). The van der Waals surface area contributed by atoms with Crippen LogP contribution in [0.15, 0.2) is 47.3 Å². The SMILES string of the molecule is CC(=O)c1cccc(NC(=O)C2CCN(C(=O)c3ccoc3)CC2)c1. The van der Waals surface area contributed by atoms with Crippen molar-refractivity contribution in [2.45, 2.75) is 19.8 Å². The van der Waals surface area contributed by atoms with Crippen molar-refractivity contribution in [3.05, 3.63) is 54.0 Å². The molecular formula is C19H20N2O4. The lowest BCUT2D eigenvalue weighted by Crippen LogP contribution is -2.41. The number of carbonyl (C=O) groups excluding carboxylic acids is 3. The van der Waals surface area contributed by atoms with E-state index >= 15 is 0 Å². The molecule has 0 saturated carbocycles. The van der Waals surface area contributed by atoms with Crippen molar-refractivity contribution >= 4 is 23.3 Å². The number of carbonyl (C=O) groups is 3.